The Bertz CT molecular complexity index is 481. The third-order valence-electron chi connectivity index (χ3n) is 3.85. The Morgan fingerprint density at radius 1 is 1.30 bits per heavy atom. The number of ether oxygens (including phenoxy) is 1. The molecule has 110 valence electrons. The molecule has 0 saturated heterocycles. The van der Waals surface area contributed by atoms with Gasteiger partial charge in [0.25, 0.3) is 5.91 Å². The number of primary amides is 1. The van der Waals surface area contributed by atoms with Crippen molar-refractivity contribution in [2.24, 2.45) is 5.73 Å². The molecule has 0 unspecified atom stereocenters. The highest BCUT2D eigenvalue weighted by Crippen LogP contribution is 2.39. The van der Waals surface area contributed by atoms with E-state index in [4.69, 9.17) is 16.2 Å². The predicted molar refractivity (Wildman–Crippen MR) is 76.1 cm³/mol. The number of anilines is 1. The summed E-state index contributed by atoms with van der Waals surface area (Å²) in [7, 11) is 0. The molecule has 6 nitrogen and oxygen atoms in total. The lowest BCUT2D eigenvalue weighted by Crippen LogP contribution is -2.35. The van der Waals surface area contributed by atoms with Gasteiger partial charge in [-0.15, -0.1) is 0 Å². The van der Waals surface area contributed by atoms with Crippen LogP contribution >= 0.6 is 0 Å². The van der Waals surface area contributed by atoms with Gasteiger partial charge in [0.1, 0.15) is 17.0 Å². The summed E-state index contributed by atoms with van der Waals surface area (Å²) in [5.41, 5.74) is 11.4. The molecule has 0 aromatic carbocycles. The number of hydrogen-bond donors (Lipinski definition) is 2. The number of nitrogen functional groups attached to an aromatic ring is 1. The van der Waals surface area contributed by atoms with Crippen molar-refractivity contribution in [3.05, 3.63) is 17.1 Å². The van der Waals surface area contributed by atoms with E-state index >= 15 is 0 Å². The van der Waals surface area contributed by atoms with Gasteiger partial charge < -0.3 is 16.2 Å². The molecule has 1 amide bonds. The van der Waals surface area contributed by atoms with Crippen LogP contribution in [-0.4, -0.2) is 22.5 Å². The van der Waals surface area contributed by atoms with Gasteiger partial charge in [-0.2, -0.15) is 0 Å². The second-order valence-corrected chi connectivity index (χ2v) is 5.25. The van der Waals surface area contributed by atoms with E-state index in [1.165, 1.54) is 6.42 Å². The number of carbonyl (C=O) groups is 1. The normalized spacial score (nSPS) is 17.9. The Morgan fingerprint density at radius 3 is 2.45 bits per heavy atom. The van der Waals surface area contributed by atoms with Gasteiger partial charge in [-0.05, 0) is 26.7 Å². The first-order valence-corrected chi connectivity index (χ1v) is 7.08. The fraction of sp³-hybridized carbons (Fsp3) is 0.643. The highest BCUT2D eigenvalue weighted by atomic mass is 16.5. The van der Waals surface area contributed by atoms with E-state index < -0.39 is 11.5 Å². The number of hydrogen-bond acceptors (Lipinski definition) is 5. The smallest absolute Gasteiger partial charge is 0.254 e. The summed E-state index contributed by atoms with van der Waals surface area (Å²) >= 11 is 0. The zero-order valence-electron chi connectivity index (χ0n) is 12.1. The Morgan fingerprint density at radius 2 is 1.95 bits per heavy atom. The van der Waals surface area contributed by atoms with E-state index in [9.17, 15) is 4.79 Å². The average molecular weight is 278 g/mol. The van der Waals surface area contributed by atoms with Crippen molar-refractivity contribution in [1.29, 1.82) is 0 Å². The third-order valence-corrected chi connectivity index (χ3v) is 3.85. The Kier molecular flexibility index (Phi) is 4.23. The van der Waals surface area contributed by atoms with Gasteiger partial charge in [0.05, 0.1) is 5.69 Å². The number of rotatable bonds is 4. The molecule has 1 aromatic heterocycles. The van der Waals surface area contributed by atoms with Gasteiger partial charge in [-0.1, -0.05) is 19.3 Å². The molecule has 1 saturated carbocycles. The van der Waals surface area contributed by atoms with Gasteiger partial charge in [0.2, 0.25) is 0 Å². The fourth-order valence-electron chi connectivity index (χ4n) is 2.94. The van der Waals surface area contributed by atoms with Gasteiger partial charge in [-0.25, -0.2) is 9.97 Å². The maximum atomic E-state index is 11.4. The zero-order valence-corrected chi connectivity index (χ0v) is 12.1. The topological polar surface area (TPSA) is 104 Å². The van der Waals surface area contributed by atoms with Crippen molar-refractivity contribution < 1.29 is 9.53 Å². The number of aromatic nitrogens is 2. The van der Waals surface area contributed by atoms with E-state index in [2.05, 4.69) is 9.97 Å². The number of amides is 1. The van der Waals surface area contributed by atoms with Crippen molar-refractivity contribution in [3.63, 3.8) is 0 Å². The molecule has 6 heteroatoms. The first kappa shape index (κ1) is 14.7. The van der Waals surface area contributed by atoms with E-state index in [1.807, 2.05) is 6.92 Å². The van der Waals surface area contributed by atoms with Gasteiger partial charge in [-0.3, -0.25) is 4.79 Å². The van der Waals surface area contributed by atoms with Crippen LogP contribution in [0.1, 0.15) is 60.9 Å². The summed E-state index contributed by atoms with van der Waals surface area (Å²) in [5, 5.41) is 0. The quantitative estimate of drug-likeness (QED) is 0.871. The lowest BCUT2D eigenvalue weighted by Gasteiger charge is -2.35. The minimum Gasteiger partial charge on any atom is -0.383 e. The maximum Gasteiger partial charge on any atom is 0.254 e. The molecule has 4 N–H and O–H groups in total. The molecular weight excluding hydrogens is 256 g/mol. The summed E-state index contributed by atoms with van der Waals surface area (Å²) in [6.07, 6.45) is 5.13. The Balaban J connectivity index is 2.47. The first-order valence-electron chi connectivity index (χ1n) is 7.08. The zero-order chi connectivity index (χ0) is 14.8. The van der Waals surface area contributed by atoms with Crippen LogP contribution < -0.4 is 11.5 Å². The van der Waals surface area contributed by atoms with Crippen molar-refractivity contribution in [3.8, 4) is 0 Å². The second kappa shape index (κ2) is 5.75. The summed E-state index contributed by atoms with van der Waals surface area (Å²) in [5.74, 6) is 0.129. The van der Waals surface area contributed by atoms with Crippen molar-refractivity contribution in [2.75, 3.05) is 12.3 Å². The van der Waals surface area contributed by atoms with Gasteiger partial charge in [0, 0.05) is 6.61 Å². The van der Waals surface area contributed by atoms with Gasteiger partial charge in [0.15, 0.2) is 5.82 Å². The highest BCUT2D eigenvalue weighted by Gasteiger charge is 2.38. The minimum absolute atomic E-state index is 0.143. The molecule has 1 aliphatic carbocycles. The van der Waals surface area contributed by atoms with E-state index in [-0.39, 0.29) is 11.4 Å². The molecular formula is C14H22N4O2. The van der Waals surface area contributed by atoms with Crippen LogP contribution in [0.5, 0.6) is 0 Å². The lowest BCUT2D eigenvalue weighted by atomic mass is 9.83. The van der Waals surface area contributed by atoms with Crippen LogP contribution in [0.4, 0.5) is 5.82 Å². The molecule has 0 bridgehead atoms. The minimum atomic E-state index is -0.597. The monoisotopic (exact) mass is 278 g/mol. The summed E-state index contributed by atoms with van der Waals surface area (Å²) in [4.78, 5) is 20.1. The summed E-state index contributed by atoms with van der Waals surface area (Å²) in [6.45, 7) is 4.29. The second-order valence-electron chi connectivity index (χ2n) is 5.25. The summed E-state index contributed by atoms with van der Waals surface area (Å²) < 4.78 is 5.97. The SMILES string of the molecule is CCOC1(c2nc(C)c(C(N)=O)c(N)n2)CCCCC1. The Labute approximate surface area is 118 Å². The molecule has 0 spiro atoms. The number of aryl methyl sites for hydroxylation is 1. The molecule has 1 fully saturated rings. The van der Waals surface area contributed by atoms with Crippen molar-refractivity contribution in [2.45, 2.75) is 51.6 Å². The molecule has 1 heterocycles. The standard InChI is InChI=1S/C14H22N4O2/c1-3-20-14(7-5-4-6-8-14)13-17-9(2)10(12(16)19)11(15)18-13/h3-8H2,1-2H3,(H2,16,19)(H2,15,17,18). The van der Waals surface area contributed by atoms with E-state index in [0.29, 0.717) is 18.1 Å². The average Bonchev–Trinajstić information content (AvgIpc) is 2.38. The third kappa shape index (κ3) is 2.60. The van der Waals surface area contributed by atoms with Crippen LogP contribution in [0.15, 0.2) is 0 Å². The van der Waals surface area contributed by atoms with Crippen LogP contribution in [0.25, 0.3) is 0 Å². The Hall–Kier alpha value is -1.69. The molecule has 20 heavy (non-hydrogen) atoms. The lowest BCUT2D eigenvalue weighted by molar-refractivity contribution is -0.0767. The van der Waals surface area contributed by atoms with E-state index in [0.717, 1.165) is 25.7 Å². The first-order chi connectivity index (χ1) is 9.50. The fourth-order valence-corrected chi connectivity index (χ4v) is 2.94. The molecule has 1 aromatic rings. The van der Waals surface area contributed by atoms with Crippen LogP contribution in [0.2, 0.25) is 0 Å². The highest BCUT2D eigenvalue weighted by molar-refractivity contribution is 5.98. The van der Waals surface area contributed by atoms with Crippen molar-refractivity contribution >= 4 is 11.7 Å². The number of nitrogens with zero attached hydrogens (tertiary/aromatic N) is 2. The largest absolute Gasteiger partial charge is 0.383 e. The molecule has 0 atom stereocenters. The van der Waals surface area contributed by atoms with Crippen molar-refractivity contribution in [1.82, 2.24) is 9.97 Å². The van der Waals surface area contributed by atoms with Crippen LogP contribution in [0, 0.1) is 6.92 Å². The van der Waals surface area contributed by atoms with Gasteiger partial charge >= 0.3 is 0 Å². The van der Waals surface area contributed by atoms with Crippen LogP contribution in [-0.2, 0) is 10.3 Å². The molecule has 0 aliphatic heterocycles. The predicted octanol–water partition coefficient (Wildman–Crippen LogP) is 1.66. The molecule has 2 rings (SSSR count). The molecule has 1 aliphatic rings. The number of carbonyl (C=O) groups excluding carboxylic acids is 1. The maximum absolute atomic E-state index is 11.4. The number of nitrogens with two attached hydrogens (primary N) is 2. The van der Waals surface area contributed by atoms with Crippen LogP contribution in [0.3, 0.4) is 0 Å². The summed E-state index contributed by atoms with van der Waals surface area (Å²) in [6, 6.07) is 0. The van der Waals surface area contributed by atoms with E-state index in [1.54, 1.807) is 6.92 Å². The molecule has 0 radical (unpaired) electrons.